The van der Waals surface area contributed by atoms with E-state index in [2.05, 4.69) is 10.2 Å². The van der Waals surface area contributed by atoms with E-state index in [4.69, 9.17) is 11.6 Å². The number of sulfonamides is 1. The van der Waals surface area contributed by atoms with E-state index >= 15 is 0 Å². The molecule has 12 heteroatoms. The summed E-state index contributed by atoms with van der Waals surface area (Å²) in [6, 6.07) is 3.27. The summed E-state index contributed by atoms with van der Waals surface area (Å²) >= 11 is 0. The fourth-order valence-electron chi connectivity index (χ4n) is 1.38. The smallest absolute Gasteiger partial charge is 0.404 e. The molecule has 1 aromatic carbocycles. The third-order valence-electron chi connectivity index (χ3n) is 2.25. The molecule has 0 unspecified atom stereocenters. The van der Waals surface area contributed by atoms with Crippen molar-refractivity contribution in [3.8, 4) is 0 Å². The van der Waals surface area contributed by atoms with Gasteiger partial charge in [-0.05, 0) is 12.1 Å². The quantitative estimate of drug-likeness (QED) is 0.219. The lowest BCUT2D eigenvalue weighted by molar-refractivity contribution is -0.387. The van der Waals surface area contributed by atoms with Crippen molar-refractivity contribution in [1.82, 2.24) is 4.72 Å². The van der Waals surface area contributed by atoms with Gasteiger partial charge in [0.25, 0.3) is 5.69 Å². The van der Waals surface area contributed by atoms with Crippen LogP contribution in [0.15, 0.2) is 23.1 Å². The van der Waals surface area contributed by atoms with Crippen LogP contribution in [0.25, 0.3) is 0 Å². The Bertz CT molecular complexity index is 646. The van der Waals surface area contributed by atoms with Crippen molar-refractivity contribution >= 4 is 27.5 Å². The summed E-state index contributed by atoms with van der Waals surface area (Å²) in [6.07, 6.45) is -1.06. The number of nitro benzene ring substituents is 1. The molecule has 0 saturated carbocycles. The molecule has 0 aliphatic heterocycles. The monoisotopic (exact) mass is 319 g/mol. The molecule has 1 aromatic rings. The Morgan fingerprint density at radius 2 is 2.10 bits per heavy atom. The summed E-state index contributed by atoms with van der Waals surface area (Å²) in [7, 11) is -4.19. The number of nitrogens with one attached hydrogen (secondary N) is 2. The van der Waals surface area contributed by atoms with Crippen LogP contribution in [0.3, 0.4) is 0 Å². The number of rotatable bonds is 7. The van der Waals surface area contributed by atoms with E-state index < -0.39 is 31.6 Å². The van der Waals surface area contributed by atoms with Crippen molar-refractivity contribution in [3.63, 3.8) is 0 Å². The third-order valence-corrected chi connectivity index (χ3v) is 3.74. The molecule has 0 bridgehead atoms. The molecule has 0 radical (unpaired) electrons. The lowest BCUT2D eigenvalue weighted by atomic mass is 10.3. The molecule has 0 saturated heterocycles. The number of ether oxygens (including phenoxy) is 1. The number of hydrazine groups is 1. The second kappa shape index (κ2) is 6.83. The maximum atomic E-state index is 12.0. The van der Waals surface area contributed by atoms with E-state index in [0.29, 0.717) is 0 Å². The van der Waals surface area contributed by atoms with Crippen LogP contribution in [0.5, 0.6) is 0 Å². The average molecular weight is 319 g/mol. The number of hydrogen-bond acceptors (Lipinski definition) is 8. The van der Waals surface area contributed by atoms with E-state index in [-0.39, 0.29) is 18.8 Å². The third kappa shape index (κ3) is 4.55. The number of amides is 1. The summed E-state index contributed by atoms with van der Waals surface area (Å²) in [5.41, 5.74) is 6.45. The number of carbonyl (C=O) groups excluding carboxylic acids is 1. The predicted molar refractivity (Wildman–Crippen MR) is 71.6 cm³/mol. The molecule has 11 nitrogen and oxygen atoms in total. The average Bonchev–Trinajstić information content (AvgIpc) is 2.42. The molecule has 21 heavy (non-hydrogen) atoms. The second-order valence-electron chi connectivity index (χ2n) is 3.65. The minimum absolute atomic E-state index is 0.175. The summed E-state index contributed by atoms with van der Waals surface area (Å²) in [6.45, 7) is -0.597. The van der Waals surface area contributed by atoms with Gasteiger partial charge in [-0.1, -0.05) is 0 Å². The molecular weight excluding hydrogens is 306 g/mol. The summed E-state index contributed by atoms with van der Waals surface area (Å²) < 4.78 is 30.4. The first-order chi connectivity index (χ1) is 9.77. The molecule has 0 spiro atoms. The van der Waals surface area contributed by atoms with E-state index in [0.717, 1.165) is 12.1 Å². The molecule has 0 heterocycles. The van der Waals surface area contributed by atoms with Crippen LogP contribution in [0.4, 0.5) is 16.2 Å². The van der Waals surface area contributed by atoms with Gasteiger partial charge in [0.05, 0.1) is 10.6 Å². The number of hydrogen-bond donors (Lipinski definition) is 4. The van der Waals surface area contributed by atoms with Crippen LogP contribution in [0.1, 0.15) is 0 Å². The fraction of sp³-hybridized carbons (Fsp3) is 0.222. The van der Waals surface area contributed by atoms with Gasteiger partial charge in [-0.2, -0.15) is 0 Å². The summed E-state index contributed by atoms with van der Waals surface area (Å²) in [5, 5.41) is 10.9. The zero-order valence-electron chi connectivity index (χ0n) is 10.6. The summed E-state index contributed by atoms with van der Waals surface area (Å²) in [4.78, 5) is 19.8. The second-order valence-corrected chi connectivity index (χ2v) is 5.38. The van der Waals surface area contributed by atoms with E-state index in [9.17, 15) is 23.3 Å². The van der Waals surface area contributed by atoms with Crippen LogP contribution in [0.2, 0.25) is 0 Å². The van der Waals surface area contributed by atoms with Gasteiger partial charge in [-0.15, -0.1) is 0 Å². The highest BCUT2D eigenvalue weighted by atomic mass is 32.2. The largest absolute Gasteiger partial charge is 0.448 e. The Morgan fingerprint density at radius 3 is 2.62 bits per heavy atom. The number of benzene rings is 1. The number of nitrogens with zero attached hydrogens (tertiary/aromatic N) is 1. The van der Waals surface area contributed by atoms with Crippen molar-refractivity contribution in [3.05, 3.63) is 28.3 Å². The van der Waals surface area contributed by atoms with Gasteiger partial charge < -0.3 is 15.9 Å². The molecule has 6 N–H and O–H groups in total. The number of nitrogens with two attached hydrogens (primary N) is 2. The lowest BCUT2D eigenvalue weighted by Crippen LogP contribution is -2.29. The van der Waals surface area contributed by atoms with Gasteiger partial charge in [-0.3, -0.25) is 16.0 Å². The molecule has 0 aliphatic rings. The highest BCUT2D eigenvalue weighted by Gasteiger charge is 2.25. The number of nitrogen functional groups attached to an aromatic ring is 1. The molecule has 1 rings (SSSR count). The molecule has 0 aromatic heterocycles. The molecule has 0 atom stereocenters. The van der Waals surface area contributed by atoms with Gasteiger partial charge in [0.2, 0.25) is 10.0 Å². The van der Waals surface area contributed by atoms with Crippen molar-refractivity contribution in [2.24, 2.45) is 11.6 Å². The molecule has 0 aliphatic carbocycles. The lowest BCUT2D eigenvalue weighted by Gasteiger charge is -2.09. The van der Waals surface area contributed by atoms with Gasteiger partial charge in [0.15, 0.2) is 4.90 Å². The topological polar surface area (TPSA) is 180 Å². The van der Waals surface area contributed by atoms with Gasteiger partial charge in [-0.25, -0.2) is 17.9 Å². The minimum atomic E-state index is -4.19. The van der Waals surface area contributed by atoms with Crippen LogP contribution >= 0.6 is 0 Å². The van der Waals surface area contributed by atoms with Gasteiger partial charge in [0, 0.05) is 12.6 Å². The van der Waals surface area contributed by atoms with Gasteiger partial charge >= 0.3 is 6.09 Å². The van der Waals surface area contributed by atoms with Crippen molar-refractivity contribution < 1.29 is 22.9 Å². The first-order valence-corrected chi connectivity index (χ1v) is 6.93. The number of anilines is 1. The highest BCUT2D eigenvalue weighted by molar-refractivity contribution is 7.89. The number of carbonyl (C=O) groups is 1. The highest BCUT2D eigenvalue weighted by Crippen LogP contribution is 2.26. The van der Waals surface area contributed by atoms with Crippen molar-refractivity contribution in [2.75, 3.05) is 18.6 Å². The van der Waals surface area contributed by atoms with Crippen molar-refractivity contribution in [2.45, 2.75) is 4.90 Å². The fourth-order valence-corrected chi connectivity index (χ4v) is 2.58. The molecule has 0 fully saturated rings. The summed E-state index contributed by atoms with van der Waals surface area (Å²) in [5.74, 6) is 5.14. The van der Waals surface area contributed by atoms with Crippen molar-refractivity contribution in [1.29, 1.82) is 0 Å². The Kier molecular flexibility index (Phi) is 5.40. The molecular formula is C9H13N5O6S. The van der Waals surface area contributed by atoms with Crippen LogP contribution in [-0.2, 0) is 14.8 Å². The van der Waals surface area contributed by atoms with Crippen LogP contribution in [0, 0.1) is 10.1 Å². The Morgan fingerprint density at radius 1 is 1.43 bits per heavy atom. The minimum Gasteiger partial charge on any atom is -0.448 e. The van der Waals surface area contributed by atoms with E-state index in [1.54, 1.807) is 0 Å². The van der Waals surface area contributed by atoms with E-state index in [1.165, 1.54) is 6.07 Å². The predicted octanol–water partition coefficient (Wildman–Crippen LogP) is -0.746. The zero-order chi connectivity index (χ0) is 16.0. The Hall–Kier alpha value is -2.44. The van der Waals surface area contributed by atoms with E-state index in [1.807, 2.05) is 4.72 Å². The Balaban J connectivity index is 3.00. The maximum absolute atomic E-state index is 12.0. The molecule has 1 amide bonds. The normalized spacial score (nSPS) is 10.9. The molecule has 116 valence electrons. The number of primary amides is 1. The Labute approximate surface area is 119 Å². The zero-order valence-corrected chi connectivity index (χ0v) is 11.4. The van der Waals surface area contributed by atoms with Crippen LogP contribution in [-0.4, -0.2) is 32.6 Å². The van der Waals surface area contributed by atoms with Crippen LogP contribution < -0.4 is 21.7 Å². The SMILES string of the molecule is NNc1ccc([N+](=O)[O-])c(S(=O)(=O)NCCOC(N)=O)c1. The number of nitro groups is 1. The maximum Gasteiger partial charge on any atom is 0.404 e. The first-order valence-electron chi connectivity index (χ1n) is 5.45. The first kappa shape index (κ1) is 16.6. The standard InChI is InChI=1S/C9H13N5O6S/c10-9(15)20-4-3-12-21(18,19)8-5-6(13-11)1-2-7(8)14(16)17/h1-2,5,12-13H,3-4,11H2,(H2,10,15). The van der Waals surface area contributed by atoms with Gasteiger partial charge in [0.1, 0.15) is 6.61 Å².